The van der Waals surface area contributed by atoms with E-state index < -0.39 is 0 Å². The summed E-state index contributed by atoms with van der Waals surface area (Å²) in [6.45, 7) is 2.23. The SMILES string of the molecule is CCCCCCc1cccc2nnncc12. The Labute approximate surface area is 95.9 Å². The van der Waals surface area contributed by atoms with Gasteiger partial charge in [-0.3, -0.25) is 0 Å². The molecule has 0 aliphatic rings. The Morgan fingerprint density at radius 1 is 1.12 bits per heavy atom. The van der Waals surface area contributed by atoms with Crippen LogP contribution in [0, 0.1) is 0 Å². The highest BCUT2D eigenvalue weighted by Gasteiger charge is 2.01. The van der Waals surface area contributed by atoms with Gasteiger partial charge in [-0.15, -0.1) is 10.2 Å². The summed E-state index contributed by atoms with van der Waals surface area (Å²) in [5, 5.41) is 12.7. The second-order valence-corrected chi connectivity index (χ2v) is 4.09. The largest absolute Gasteiger partial charge is 0.138 e. The molecule has 0 spiro atoms. The van der Waals surface area contributed by atoms with Gasteiger partial charge in [0.05, 0.1) is 11.7 Å². The minimum atomic E-state index is 0.947. The Morgan fingerprint density at radius 3 is 2.94 bits per heavy atom. The van der Waals surface area contributed by atoms with Gasteiger partial charge in [-0.25, -0.2) is 0 Å². The maximum atomic E-state index is 4.03. The van der Waals surface area contributed by atoms with Crippen molar-refractivity contribution in [2.24, 2.45) is 0 Å². The molecule has 16 heavy (non-hydrogen) atoms. The molecule has 0 aliphatic heterocycles. The molecule has 1 aromatic heterocycles. The normalized spacial score (nSPS) is 10.8. The van der Waals surface area contributed by atoms with E-state index >= 15 is 0 Å². The zero-order chi connectivity index (χ0) is 11.2. The smallest absolute Gasteiger partial charge is 0.0966 e. The minimum Gasteiger partial charge on any atom is -0.138 e. The first-order valence-electron chi connectivity index (χ1n) is 5.98. The number of unbranched alkanes of at least 4 members (excludes halogenated alkanes) is 3. The van der Waals surface area contributed by atoms with Crippen molar-refractivity contribution in [3.63, 3.8) is 0 Å². The molecule has 84 valence electrons. The van der Waals surface area contributed by atoms with E-state index in [-0.39, 0.29) is 0 Å². The molecule has 2 aromatic rings. The van der Waals surface area contributed by atoms with Crippen molar-refractivity contribution in [2.45, 2.75) is 39.0 Å². The molecule has 1 heterocycles. The molecule has 0 saturated heterocycles. The summed E-state index contributed by atoms with van der Waals surface area (Å²) in [6, 6.07) is 6.20. The van der Waals surface area contributed by atoms with Crippen LogP contribution in [0.15, 0.2) is 24.4 Å². The predicted molar refractivity (Wildman–Crippen MR) is 65.2 cm³/mol. The third-order valence-electron chi connectivity index (χ3n) is 2.86. The van der Waals surface area contributed by atoms with Crippen LogP contribution in [0.3, 0.4) is 0 Å². The molecular weight excluding hydrogens is 198 g/mol. The van der Waals surface area contributed by atoms with Crippen molar-refractivity contribution >= 4 is 10.9 Å². The summed E-state index contributed by atoms with van der Waals surface area (Å²) in [7, 11) is 0. The topological polar surface area (TPSA) is 38.7 Å². The van der Waals surface area contributed by atoms with Crippen molar-refractivity contribution in [3.8, 4) is 0 Å². The Bertz CT molecular complexity index is 448. The van der Waals surface area contributed by atoms with Crippen LogP contribution in [0.1, 0.15) is 38.2 Å². The molecular formula is C13H17N3. The molecule has 0 unspecified atom stereocenters. The standard InChI is InChI=1S/C13H17N3/c1-2-3-4-5-7-11-8-6-9-13-12(11)10-14-16-15-13/h6,8-10H,2-5,7H2,1H3. The average Bonchev–Trinajstić information content (AvgIpc) is 2.35. The quantitative estimate of drug-likeness (QED) is 0.719. The number of aromatic nitrogens is 3. The van der Waals surface area contributed by atoms with E-state index in [1.165, 1.54) is 31.2 Å². The van der Waals surface area contributed by atoms with E-state index in [9.17, 15) is 0 Å². The minimum absolute atomic E-state index is 0.947. The lowest BCUT2D eigenvalue weighted by molar-refractivity contribution is 0.668. The maximum Gasteiger partial charge on any atom is 0.0966 e. The van der Waals surface area contributed by atoms with Gasteiger partial charge in [0.1, 0.15) is 0 Å². The average molecular weight is 215 g/mol. The third kappa shape index (κ3) is 2.54. The fourth-order valence-electron chi connectivity index (χ4n) is 1.95. The monoisotopic (exact) mass is 215 g/mol. The van der Waals surface area contributed by atoms with Gasteiger partial charge >= 0.3 is 0 Å². The van der Waals surface area contributed by atoms with Gasteiger partial charge in [0, 0.05) is 5.39 Å². The number of aryl methyl sites for hydroxylation is 1. The fraction of sp³-hybridized carbons (Fsp3) is 0.462. The summed E-state index contributed by atoms with van der Waals surface area (Å²) >= 11 is 0. The summed E-state index contributed by atoms with van der Waals surface area (Å²) in [5.74, 6) is 0. The Kier molecular flexibility index (Phi) is 3.81. The first kappa shape index (κ1) is 11.0. The first-order chi connectivity index (χ1) is 7.92. The Morgan fingerprint density at radius 2 is 2.06 bits per heavy atom. The highest BCUT2D eigenvalue weighted by molar-refractivity contribution is 5.80. The van der Waals surface area contributed by atoms with E-state index in [2.05, 4.69) is 28.4 Å². The van der Waals surface area contributed by atoms with Gasteiger partial charge in [-0.2, -0.15) is 0 Å². The molecule has 0 fully saturated rings. The van der Waals surface area contributed by atoms with Gasteiger partial charge in [0.15, 0.2) is 0 Å². The van der Waals surface area contributed by atoms with Crippen molar-refractivity contribution < 1.29 is 0 Å². The summed E-state index contributed by atoms with van der Waals surface area (Å²) in [6.07, 6.45) is 8.09. The molecule has 2 rings (SSSR count). The zero-order valence-corrected chi connectivity index (χ0v) is 9.69. The van der Waals surface area contributed by atoms with Crippen LogP contribution < -0.4 is 0 Å². The molecule has 0 N–H and O–H groups in total. The van der Waals surface area contributed by atoms with Crippen LogP contribution in [0.25, 0.3) is 10.9 Å². The van der Waals surface area contributed by atoms with Crippen LogP contribution in [0.4, 0.5) is 0 Å². The molecule has 0 atom stereocenters. The van der Waals surface area contributed by atoms with Crippen LogP contribution in [-0.4, -0.2) is 15.4 Å². The molecule has 1 aromatic carbocycles. The number of nitrogens with zero attached hydrogens (tertiary/aromatic N) is 3. The van der Waals surface area contributed by atoms with E-state index in [1.807, 2.05) is 18.3 Å². The number of rotatable bonds is 5. The van der Waals surface area contributed by atoms with E-state index in [4.69, 9.17) is 0 Å². The lowest BCUT2D eigenvalue weighted by Gasteiger charge is -2.04. The summed E-state index contributed by atoms with van der Waals surface area (Å²) < 4.78 is 0. The highest BCUT2D eigenvalue weighted by atomic mass is 15.3. The molecule has 0 saturated carbocycles. The molecule has 0 radical (unpaired) electrons. The number of hydrogen-bond donors (Lipinski definition) is 0. The molecule has 0 amide bonds. The summed E-state index contributed by atoms with van der Waals surface area (Å²) in [5.41, 5.74) is 2.29. The van der Waals surface area contributed by atoms with Gasteiger partial charge in [-0.05, 0) is 29.7 Å². The number of fused-ring (bicyclic) bond motifs is 1. The van der Waals surface area contributed by atoms with Crippen molar-refractivity contribution in [1.82, 2.24) is 15.4 Å². The lowest BCUT2D eigenvalue weighted by atomic mass is 10.0. The Hall–Kier alpha value is -1.51. The van der Waals surface area contributed by atoms with E-state index in [0.29, 0.717) is 0 Å². The number of benzene rings is 1. The Balaban J connectivity index is 2.11. The van der Waals surface area contributed by atoms with Crippen molar-refractivity contribution in [3.05, 3.63) is 30.0 Å². The van der Waals surface area contributed by atoms with Crippen LogP contribution >= 0.6 is 0 Å². The molecule has 3 nitrogen and oxygen atoms in total. The van der Waals surface area contributed by atoms with Crippen LogP contribution in [-0.2, 0) is 6.42 Å². The van der Waals surface area contributed by atoms with Crippen LogP contribution in [0.2, 0.25) is 0 Å². The second-order valence-electron chi connectivity index (χ2n) is 4.09. The van der Waals surface area contributed by atoms with Gasteiger partial charge in [-0.1, -0.05) is 38.3 Å². The van der Waals surface area contributed by atoms with Crippen molar-refractivity contribution in [1.29, 1.82) is 0 Å². The molecule has 0 aliphatic carbocycles. The van der Waals surface area contributed by atoms with Gasteiger partial charge in [0.2, 0.25) is 0 Å². The summed E-state index contributed by atoms with van der Waals surface area (Å²) in [4.78, 5) is 0. The zero-order valence-electron chi connectivity index (χ0n) is 9.69. The highest BCUT2D eigenvalue weighted by Crippen LogP contribution is 2.17. The lowest BCUT2D eigenvalue weighted by Crippen LogP contribution is -1.92. The molecule has 0 bridgehead atoms. The van der Waals surface area contributed by atoms with Crippen LogP contribution in [0.5, 0.6) is 0 Å². The van der Waals surface area contributed by atoms with Gasteiger partial charge in [0.25, 0.3) is 0 Å². The fourth-order valence-corrected chi connectivity index (χ4v) is 1.95. The van der Waals surface area contributed by atoms with E-state index in [0.717, 1.165) is 17.3 Å². The number of hydrogen-bond acceptors (Lipinski definition) is 3. The first-order valence-corrected chi connectivity index (χ1v) is 5.98. The maximum absolute atomic E-state index is 4.03. The van der Waals surface area contributed by atoms with Crippen molar-refractivity contribution in [2.75, 3.05) is 0 Å². The second kappa shape index (κ2) is 5.54. The van der Waals surface area contributed by atoms with Gasteiger partial charge < -0.3 is 0 Å². The third-order valence-corrected chi connectivity index (χ3v) is 2.86. The predicted octanol–water partition coefficient (Wildman–Crippen LogP) is 3.15. The molecule has 3 heteroatoms. The van der Waals surface area contributed by atoms with E-state index in [1.54, 1.807) is 0 Å².